The second-order valence-electron chi connectivity index (χ2n) is 5.84. The Morgan fingerprint density at radius 2 is 1.64 bits per heavy atom. The van der Waals surface area contributed by atoms with Crippen molar-refractivity contribution in [2.24, 2.45) is 0 Å². The zero-order valence-corrected chi connectivity index (χ0v) is 16.9. The minimum absolute atomic E-state index is 0.215. The van der Waals surface area contributed by atoms with Crippen LogP contribution >= 0.6 is 15.9 Å². The van der Waals surface area contributed by atoms with Gasteiger partial charge in [-0.1, -0.05) is 24.3 Å². The van der Waals surface area contributed by atoms with Crippen molar-refractivity contribution in [2.45, 2.75) is 0 Å². The van der Waals surface area contributed by atoms with Crippen LogP contribution in [-0.2, 0) is 0 Å². The molecule has 0 saturated carbocycles. The number of anilines is 1. The molecule has 144 valence electrons. The van der Waals surface area contributed by atoms with Gasteiger partial charge in [-0.05, 0) is 58.4 Å². The Balaban J connectivity index is 1.54. The number of para-hydroxylation sites is 1. The molecule has 1 amide bonds. The molecule has 0 aromatic heterocycles. The zero-order chi connectivity index (χ0) is 19.8. The molecule has 0 atom stereocenters. The number of nitrogens with one attached hydrogen (secondary N) is 1. The Kier molecular flexibility index (Phi) is 6.92. The first kappa shape index (κ1) is 19.8. The molecular formula is C22H20BrNO4. The molecule has 0 aliphatic carbocycles. The van der Waals surface area contributed by atoms with Crippen molar-refractivity contribution < 1.29 is 19.0 Å². The van der Waals surface area contributed by atoms with Gasteiger partial charge < -0.3 is 19.5 Å². The molecule has 0 unspecified atom stereocenters. The molecule has 0 spiro atoms. The van der Waals surface area contributed by atoms with Crippen molar-refractivity contribution in [3.63, 3.8) is 0 Å². The third kappa shape index (κ3) is 5.50. The predicted octanol–water partition coefficient (Wildman–Crippen LogP) is 5.17. The number of carbonyl (C=O) groups is 1. The van der Waals surface area contributed by atoms with E-state index in [-0.39, 0.29) is 5.91 Å². The molecule has 0 heterocycles. The van der Waals surface area contributed by atoms with Gasteiger partial charge in [0.1, 0.15) is 30.5 Å². The van der Waals surface area contributed by atoms with E-state index in [9.17, 15) is 4.79 Å². The molecule has 0 aliphatic rings. The van der Waals surface area contributed by atoms with Crippen LogP contribution in [0.3, 0.4) is 0 Å². The first-order chi connectivity index (χ1) is 13.7. The Labute approximate surface area is 172 Å². The molecule has 1 N–H and O–H groups in total. The minimum Gasteiger partial charge on any atom is -0.497 e. The van der Waals surface area contributed by atoms with E-state index >= 15 is 0 Å². The van der Waals surface area contributed by atoms with Crippen LogP contribution in [0.15, 0.2) is 77.3 Å². The van der Waals surface area contributed by atoms with Crippen molar-refractivity contribution in [2.75, 3.05) is 25.6 Å². The lowest BCUT2D eigenvalue weighted by Crippen LogP contribution is -2.12. The van der Waals surface area contributed by atoms with Gasteiger partial charge in [0, 0.05) is 17.3 Å². The maximum atomic E-state index is 12.5. The zero-order valence-electron chi connectivity index (χ0n) is 15.4. The van der Waals surface area contributed by atoms with Crippen LogP contribution in [-0.4, -0.2) is 26.2 Å². The van der Waals surface area contributed by atoms with Crippen LogP contribution in [0.5, 0.6) is 17.2 Å². The number of hydrogen-bond acceptors (Lipinski definition) is 4. The summed E-state index contributed by atoms with van der Waals surface area (Å²) in [5.74, 6) is 1.91. The third-order valence-electron chi connectivity index (χ3n) is 3.87. The van der Waals surface area contributed by atoms with Crippen LogP contribution in [0.2, 0.25) is 0 Å². The lowest BCUT2D eigenvalue weighted by atomic mass is 10.2. The smallest absolute Gasteiger partial charge is 0.255 e. The van der Waals surface area contributed by atoms with E-state index in [4.69, 9.17) is 14.2 Å². The monoisotopic (exact) mass is 441 g/mol. The van der Waals surface area contributed by atoms with Crippen molar-refractivity contribution in [1.29, 1.82) is 0 Å². The minimum atomic E-state index is -0.215. The van der Waals surface area contributed by atoms with Gasteiger partial charge >= 0.3 is 0 Å². The normalized spacial score (nSPS) is 10.2. The van der Waals surface area contributed by atoms with Gasteiger partial charge in [-0.15, -0.1) is 0 Å². The average molecular weight is 442 g/mol. The number of benzene rings is 3. The van der Waals surface area contributed by atoms with Crippen molar-refractivity contribution in [3.05, 3.63) is 82.8 Å². The standard InChI is InChI=1S/C22H20BrNO4/c1-26-19-9-5-6-17(15-19)24-22(25)16-10-11-21(20(23)14-16)28-13-12-27-18-7-3-2-4-8-18/h2-11,14-15H,12-13H2,1H3,(H,24,25). The Morgan fingerprint density at radius 3 is 2.39 bits per heavy atom. The lowest BCUT2D eigenvalue weighted by molar-refractivity contribution is 0.102. The van der Waals surface area contributed by atoms with E-state index in [1.54, 1.807) is 37.4 Å². The molecule has 0 aliphatic heterocycles. The van der Waals surface area contributed by atoms with Crippen molar-refractivity contribution >= 4 is 27.5 Å². The molecular weight excluding hydrogens is 422 g/mol. The van der Waals surface area contributed by atoms with Crippen LogP contribution < -0.4 is 19.5 Å². The summed E-state index contributed by atoms with van der Waals surface area (Å²) < 4.78 is 17.2. The molecule has 0 bridgehead atoms. The van der Waals surface area contributed by atoms with Gasteiger partial charge in [-0.2, -0.15) is 0 Å². The quantitative estimate of drug-likeness (QED) is 0.490. The highest BCUT2D eigenvalue weighted by Gasteiger charge is 2.10. The molecule has 3 aromatic rings. The van der Waals surface area contributed by atoms with Crippen LogP contribution in [0, 0.1) is 0 Å². The Bertz CT molecular complexity index is 931. The van der Waals surface area contributed by atoms with E-state index < -0.39 is 0 Å². The van der Waals surface area contributed by atoms with Gasteiger partial charge in [0.05, 0.1) is 11.6 Å². The topological polar surface area (TPSA) is 56.8 Å². The molecule has 0 radical (unpaired) electrons. The van der Waals surface area contributed by atoms with Crippen LogP contribution in [0.25, 0.3) is 0 Å². The SMILES string of the molecule is COc1cccc(NC(=O)c2ccc(OCCOc3ccccc3)c(Br)c2)c1. The average Bonchev–Trinajstić information content (AvgIpc) is 2.73. The van der Waals surface area contributed by atoms with Crippen molar-refractivity contribution in [1.82, 2.24) is 0 Å². The molecule has 3 rings (SSSR count). The second kappa shape index (κ2) is 9.80. The van der Waals surface area contributed by atoms with E-state index in [1.807, 2.05) is 42.5 Å². The second-order valence-corrected chi connectivity index (χ2v) is 6.70. The number of rotatable bonds is 8. The van der Waals surface area contributed by atoms with E-state index in [0.29, 0.717) is 40.4 Å². The molecule has 5 nitrogen and oxygen atoms in total. The number of ether oxygens (including phenoxy) is 3. The van der Waals surface area contributed by atoms with E-state index in [2.05, 4.69) is 21.2 Å². The fraction of sp³-hybridized carbons (Fsp3) is 0.136. The number of carbonyl (C=O) groups excluding carboxylic acids is 1. The molecule has 6 heteroatoms. The largest absolute Gasteiger partial charge is 0.497 e. The summed E-state index contributed by atoms with van der Waals surface area (Å²) in [6.07, 6.45) is 0. The fourth-order valence-electron chi connectivity index (χ4n) is 2.49. The Morgan fingerprint density at radius 1 is 0.893 bits per heavy atom. The summed E-state index contributed by atoms with van der Waals surface area (Å²) in [6.45, 7) is 0.817. The van der Waals surface area contributed by atoms with Crippen LogP contribution in [0.1, 0.15) is 10.4 Å². The van der Waals surface area contributed by atoms with Crippen LogP contribution in [0.4, 0.5) is 5.69 Å². The molecule has 0 saturated heterocycles. The summed E-state index contributed by atoms with van der Waals surface area (Å²) >= 11 is 3.45. The first-order valence-corrected chi connectivity index (χ1v) is 9.50. The van der Waals surface area contributed by atoms with Gasteiger partial charge in [-0.25, -0.2) is 0 Å². The molecule has 28 heavy (non-hydrogen) atoms. The summed E-state index contributed by atoms with van der Waals surface area (Å²) in [5, 5.41) is 2.85. The Hall–Kier alpha value is -2.99. The maximum Gasteiger partial charge on any atom is 0.255 e. The first-order valence-electron chi connectivity index (χ1n) is 8.71. The van der Waals surface area contributed by atoms with Gasteiger partial charge in [-0.3, -0.25) is 4.79 Å². The summed E-state index contributed by atoms with van der Waals surface area (Å²) in [7, 11) is 1.58. The summed E-state index contributed by atoms with van der Waals surface area (Å²) in [6, 6.07) is 22.0. The number of amides is 1. The highest BCUT2D eigenvalue weighted by molar-refractivity contribution is 9.10. The van der Waals surface area contributed by atoms with Gasteiger partial charge in [0.15, 0.2) is 0 Å². The van der Waals surface area contributed by atoms with E-state index in [1.165, 1.54) is 0 Å². The lowest BCUT2D eigenvalue weighted by Gasteiger charge is -2.11. The fourth-order valence-corrected chi connectivity index (χ4v) is 2.98. The summed E-state index contributed by atoms with van der Waals surface area (Å²) in [5.41, 5.74) is 1.18. The molecule has 3 aromatic carbocycles. The summed E-state index contributed by atoms with van der Waals surface area (Å²) in [4.78, 5) is 12.5. The highest BCUT2D eigenvalue weighted by Crippen LogP contribution is 2.27. The van der Waals surface area contributed by atoms with Crippen molar-refractivity contribution in [3.8, 4) is 17.2 Å². The van der Waals surface area contributed by atoms with Gasteiger partial charge in [0.2, 0.25) is 0 Å². The third-order valence-corrected chi connectivity index (χ3v) is 4.49. The number of halogens is 1. The number of hydrogen-bond donors (Lipinski definition) is 1. The maximum absolute atomic E-state index is 12.5. The predicted molar refractivity (Wildman–Crippen MR) is 113 cm³/mol. The van der Waals surface area contributed by atoms with E-state index in [0.717, 1.165) is 5.75 Å². The highest BCUT2D eigenvalue weighted by atomic mass is 79.9. The van der Waals surface area contributed by atoms with Gasteiger partial charge in [0.25, 0.3) is 5.91 Å². The number of methoxy groups -OCH3 is 1. The molecule has 0 fully saturated rings.